The van der Waals surface area contributed by atoms with E-state index >= 15 is 0 Å². The van der Waals surface area contributed by atoms with Gasteiger partial charge in [0, 0.05) is 27.2 Å². The number of aromatic nitrogens is 3. The summed E-state index contributed by atoms with van der Waals surface area (Å²) in [4.78, 5) is 18.8. The molecule has 0 bridgehead atoms. The lowest BCUT2D eigenvalue weighted by Crippen LogP contribution is -2.18. The van der Waals surface area contributed by atoms with E-state index < -0.39 is 0 Å². The van der Waals surface area contributed by atoms with E-state index in [1.807, 2.05) is 109 Å². The van der Waals surface area contributed by atoms with Crippen molar-refractivity contribution < 1.29 is 4.79 Å². The van der Waals surface area contributed by atoms with Crippen LogP contribution < -0.4 is 16.2 Å². The lowest BCUT2D eigenvalue weighted by atomic mass is 10.0. The molecule has 6 rings (SSSR count). The lowest BCUT2D eigenvalue weighted by molar-refractivity contribution is 0.102. The summed E-state index contributed by atoms with van der Waals surface area (Å²) in [6.07, 6.45) is 3.82. The van der Waals surface area contributed by atoms with Crippen LogP contribution in [0.4, 0.5) is 11.6 Å². The largest absolute Gasteiger partial charge is 0.321 e. The highest BCUT2D eigenvalue weighted by Crippen LogP contribution is 2.40. The molecule has 0 saturated carbocycles. The summed E-state index contributed by atoms with van der Waals surface area (Å²) in [7, 11) is 0. The predicted octanol–water partition coefficient (Wildman–Crippen LogP) is 9.73. The van der Waals surface area contributed by atoms with Crippen molar-refractivity contribution in [3.8, 4) is 22.5 Å². The second-order valence-corrected chi connectivity index (χ2v) is 12.2. The van der Waals surface area contributed by atoms with E-state index in [9.17, 15) is 4.79 Å². The molecule has 0 aliphatic rings. The van der Waals surface area contributed by atoms with Crippen LogP contribution in [0.3, 0.4) is 0 Å². The number of hydrogen-bond donors (Lipinski definition) is 3. The van der Waals surface area contributed by atoms with Crippen LogP contribution in [0.5, 0.6) is 0 Å². The maximum Gasteiger partial charge on any atom is 0.261 e. The van der Waals surface area contributed by atoms with Crippen molar-refractivity contribution in [1.29, 1.82) is 0 Å². The van der Waals surface area contributed by atoms with Gasteiger partial charge in [-0.25, -0.2) is 4.98 Å². The number of hydrazine groups is 1. The molecule has 0 aliphatic carbocycles. The molecule has 0 aliphatic heterocycles. The predicted molar refractivity (Wildman–Crippen MR) is 192 cm³/mol. The third-order valence-corrected chi connectivity index (χ3v) is 8.85. The molecule has 232 valence electrons. The van der Waals surface area contributed by atoms with Crippen molar-refractivity contribution in [1.82, 2.24) is 20.6 Å². The molecule has 5 aromatic carbocycles. The molecule has 0 fully saturated rings. The summed E-state index contributed by atoms with van der Waals surface area (Å²) >= 11 is 13.9. The monoisotopic (exact) mass is 674 g/mol. The second kappa shape index (κ2) is 15.4. The van der Waals surface area contributed by atoms with Gasteiger partial charge in [0.05, 0.1) is 21.5 Å². The van der Waals surface area contributed by atoms with Gasteiger partial charge in [-0.15, -0.1) is 22.0 Å². The summed E-state index contributed by atoms with van der Waals surface area (Å²) in [6, 6.07) is 42.3. The van der Waals surface area contributed by atoms with Crippen molar-refractivity contribution in [3.63, 3.8) is 0 Å². The van der Waals surface area contributed by atoms with Gasteiger partial charge in [0.15, 0.2) is 0 Å². The zero-order chi connectivity index (χ0) is 32.4. The van der Waals surface area contributed by atoms with Crippen LogP contribution in [-0.2, 0) is 0 Å². The number of hydrogen-bond acceptors (Lipinski definition) is 7. The van der Waals surface area contributed by atoms with Gasteiger partial charge in [0.2, 0.25) is 0 Å². The minimum absolute atomic E-state index is 0.109. The Balaban J connectivity index is 1.20. The van der Waals surface area contributed by atoms with Crippen LogP contribution in [0.2, 0.25) is 10.0 Å². The Bertz CT molecular complexity index is 2000. The van der Waals surface area contributed by atoms with Crippen molar-refractivity contribution in [2.45, 2.75) is 10.1 Å². The number of rotatable bonds is 11. The van der Waals surface area contributed by atoms with Crippen molar-refractivity contribution >= 4 is 52.5 Å². The Morgan fingerprint density at radius 1 is 0.723 bits per heavy atom. The van der Waals surface area contributed by atoms with E-state index in [4.69, 9.17) is 28.2 Å². The zero-order valence-electron chi connectivity index (χ0n) is 24.8. The van der Waals surface area contributed by atoms with Gasteiger partial charge in [-0.1, -0.05) is 126 Å². The second-order valence-electron chi connectivity index (χ2n) is 10.2. The Labute approximate surface area is 287 Å². The van der Waals surface area contributed by atoms with E-state index in [0.29, 0.717) is 27.9 Å². The molecular weight excluding hydrogens is 647 g/mol. The Morgan fingerprint density at radius 3 is 2.06 bits per heavy atom. The summed E-state index contributed by atoms with van der Waals surface area (Å²) in [6.45, 7) is 0. The van der Waals surface area contributed by atoms with E-state index in [2.05, 4.69) is 38.5 Å². The smallest absolute Gasteiger partial charge is 0.261 e. The fourth-order valence-electron chi connectivity index (χ4n) is 4.74. The lowest BCUT2D eigenvalue weighted by Gasteiger charge is -2.17. The number of carbonyl (C=O) groups is 1. The number of halogens is 2. The van der Waals surface area contributed by atoms with Crippen LogP contribution >= 0.6 is 35.0 Å². The molecule has 10 heteroatoms. The number of nitrogens with one attached hydrogen (secondary N) is 3. The van der Waals surface area contributed by atoms with Crippen LogP contribution in [0, 0.1) is 0 Å². The number of para-hydroxylation sites is 1. The molecule has 1 amide bonds. The fourth-order valence-corrected chi connectivity index (χ4v) is 6.36. The van der Waals surface area contributed by atoms with E-state index in [0.717, 1.165) is 27.3 Å². The molecule has 0 radical (unpaired) electrons. The standard InChI is InChI=1S/C37H28Cl2N6OS/c38-28-20-21-29(30(39)24-28)36(46)41-31-18-10-11-19-33(31)47-32(25-12-4-1-5-13-25)22-23-40-44-37-42-34(26-14-6-2-7-15-26)35(43-45-37)27-16-8-3-9-17-27/h1-24,32,40H,(H,41,46)(H,42,44,45)/b23-22+. The molecule has 1 atom stereocenters. The number of benzene rings is 5. The number of anilines is 2. The summed E-state index contributed by atoms with van der Waals surface area (Å²) in [5, 5.41) is 12.5. The normalized spacial score (nSPS) is 11.6. The first-order valence-electron chi connectivity index (χ1n) is 14.7. The van der Waals surface area contributed by atoms with Crippen LogP contribution in [0.15, 0.2) is 151 Å². The highest BCUT2D eigenvalue weighted by atomic mass is 35.5. The van der Waals surface area contributed by atoms with Crippen molar-refractivity contribution in [2.75, 3.05) is 10.7 Å². The maximum atomic E-state index is 13.1. The minimum Gasteiger partial charge on any atom is -0.321 e. The average molecular weight is 676 g/mol. The molecule has 0 saturated heterocycles. The van der Waals surface area contributed by atoms with Gasteiger partial charge in [-0.3, -0.25) is 10.2 Å². The van der Waals surface area contributed by atoms with Crippen LogP contribution in [-0.4, -0.2) is 21.1 Å². The quantitative estimate of drug-likeness (QED) is 0.0931. The maximum absolute atomic E-state index is 13.1. The highest BCUT2D eigenvalue weighted by Gasteiger charge is 2.17. The molecule has 0 spiro atoms. The molecule has 3 N–H and O–H groups in total. The summed E-state index contributed by atoms with van der Waals surface area (Å²) in [5.41, 5.74) is 11.5. The number of thioether (sulfide) groups is 1. The van der Waals surface area contributed by atoms with Gasteiger partial charge in [0.25, 0.3) is 11.9 Å². The average Bonchev–Trinajstić information content (AvgIpc) is 3.11. The molecule has 7 nitrogen and oxygen atoms in total. The third-order valence-electron chi connectivity index (χ3n) is 7.01. The topological polar surface area (TPSA) is 91.8 Å². The Hall–Kier alpha value is -5.15. The van der Waals surface area contributed by atoms with E-state index in [1.54, 1.807) is 36.2 Å². The molecule has 1 aromatic heterocycles. The molecule has 47 heavy (non-hydrogen) atoms. The number of carbonyl (C=O) groups excluding carboxylic acids is 1. The zero-order valence-corrected chi connectivity index (χ0v) is 27.2. The first-order chi connectivity index (χ1) is 23.0. The highest BCUT2D eigenvalue weighted by molar-refractivity contribution is 7.99. The van der Waals surface area contributed by atoms with Crippen molar-refractivity contribution in [3.05, 3.63) is 167 Å². The molecule has 1 unspecified atom stereocenters. The first kappa shape index (κ1) is 31.8. The molecule has 1 heterocycles. The molecule has 6 aromatic rings. The minimum atomic E-state index is -0.320. The summed E-state index contributed by atoms with van der Waals surface area (Å²) in [5.74, 6) is 0.00478. The van der Waals surface area contributed by atoms with Crippen LogP contribution in [0.25, 0.3) is 22.5 Å². The third kappa shape index (κ3) is 8.17. The summed E-state index contributed by atoms with van der Waals surface area (Å²) < 4.78 is 0. The van der Waals surface area contributed by atoms with Crippen molar-refractivity contribution in [2.24, 2.45) is 0 Å². The van der Waals surface area contributed by atoms with Gasteiger partial charge in [0.1, 0.15) is 11.4 Å². The van der Waals surface area contributed by atoms with Gasteiger partial charge in [-0.2, -0.15) is 0 Å². The van der Waals surface area contributed by atoms with Crippen LogP contribution in [0.1, 0.15) is 21.2 Å². The number of amides is 1. The van der Waals surface area contributed by atoms with Gasteiger partial charge >= 0.3 is 0 Å². The Morgan fingerprint density at radius 2 is 1.36 bits per heavy atom. The number of nitrogens with zero attached hydrogens (tertiary/aromatic N) is 3. The van der Waals surface area contributed by atoms with E-state index in [1.165, 1.54) is 0 Å². The molecular formula is C37H28Cl2N6OS. The Kier molecular flexibility index (Phi) is 10.4. The van der Waals surface area contributed by atoms with Gasteiger partial charge in [-0.05, 0) is 42.0 Å². The first-order valence-corrected chi connectivity index (χ1v) is 16.3. The van der Waals surface area contributed by atoms with E-state index in [-0.39, 0.29) is 16.2 Å². The fraction of sp³-hybridized carbons (Fsp3) is 0.0270. The van der Waals surface area contributed by atoms with Gasteiger partial charge < -0.3 is 10.7 Å². The SMILES string of the molecule is O=C(Nc1ccccc1SC(/C=C/NNc1nnc(-c2ccccc2)c(-c2ccccc2)n1)c1ccccc1)c1ccc(Cl)cc1Cl.